The maximum atomic E-state index is 11.5. The summed E-state index contributed by atoms with van der Waals surface area (Å²) < 4.78 is 10.2. The van der Waals surface area contributed by atoms with E-state index >= 15 is 0 Å². The molecular formula is C16H25N3O4. The summed E-state index contributed by atoms with van der Waals surface area (Å²) in [5.41, 5.74) is 1.19. The number of rotatable bonds is 9. The first-order valence-corrected chi connectivity index (χ1v) is 7.73. The molecule has 23 heavy (non-hydrogen) atoms. The monoisotopic (exact) mass is 323 g/mol. The summed E-state index contributed by atoms with van der Waals surface area (Å²) in [5, 5.41) is 7.86. The third kappa shape index (κ3) is 9.23. The molecule has 128 valence electrons. The Morgan fingerprint density at radius 2 is 1.65 bits per heavy atom. The average Bonchev–Trinajstić information content (AvgIpc) is 2.53. The van der Waals surface area contributed by atoms with E-state index in [1.165, 1.54) is 5.56 Å². The Morgan fingerprint density at radius 1 is 1.00 bits per heavy atom. The van der Waals surface area contributed by atoms with Gasteiger partial charge in [-0.2, -0.15) is 0 Å². The lowest BCUT2D eigenvalue weighted by atomic mass is 10.2. The minimum atomic E-state index is -0.483. The van der Waals surface area contributed by atoms with E-state index < -0.39 is 6.09 Å². The van der Waals surface area contributed by atoms with Crippen LogP contribution < -0.4 is 20.7 Å². The molecule has 0 aliphatic carbocycles. The van der Waals surface area contributed by atoms with Crippen molar-refractivity contribution in [3.63, 3.8) is 0 Å². The molecule has 7 nitrogen and oxygen atoms in total. The predicted molar refractivity (Wildman–Crippen MR) is 87.7 cm³/mol. The molecule has 0 spiro atoms. The van der Waals surface area contributed by atoms with Gasteiger partial charge in [-0.15, -0.1) is 0 Å². The number of urea groups is 1. The summed E-state index contributed by atoms with van der Waals surface area (Å²) in [7, 11) is 0. The zero-order valence-corrected chi connectivity index (χ0v) is 13.7. The van der Waals surface area contributed by atoms with Crippen LogP contribution in [-0.2, 0) is 4.74 Å². The number of amides is 3. The van der Waals surface area contributed by atoms with Gasteiger partial charge in [-0.1, -0.05) is 17.7 Å². The van der Waals surface area contributed by atoms with Crippen molar-refractivity contribution in [2.24, 2.45) is 0 Å². The number of ether oxygens (including phenoxy) is 2. The standard InChI is InChI=1S/C16H25N3O4/c1-3-22-16(21)19-11-10-18-15(20)17-9-4-12-23-14-7-5-13(2)6-8-14/h5-8H,3-4,9-12H2,1-2H3,(H,19,21)(H2,17,18,20). The van der Waals surface area contributed by atoms with E-state index in [-0.39, 0.29) is 6.03 Å². The van der Waals surface area contributed by atoms with E-state index in [4.69, 9.17) is 9.47 Å². The predicted octanol–water partition coefficient (Wildman–Crippen LogP) is 1.81. The van der Waals surface area contributed by atoms with Crippen molar-refractivity contribution in [1.29, 1.82) is 0 Å². The van der Waals surface area contributed by atoms with Gasteiger partial charge in [0.15, 0.2) is 0 Å². The Kier molecular flexibility index (Phi) is 9.04. The number of aryl methyl sites for hydroxylation is 1. The van der Waals surface area contributed by atoms with Crippen LogP contribution in [0.2, 0.25) is 0 Å². The Hall–Kier alpha value is -2.44. The average molecular weight is 323 g/mol. The molecule has 0 aromatic heterocycles. The second-order valence-corrected chi connectivity index (χ2v) is 4.84. The number of hydrogen-bond acceptors (Lipinski definition) is 4. The lowest BCUT2D eigenvalue weighted by Crippen LogP contribution is -2.40. The molecule has 0 atom stereocenters. The summed E-state index contributed by atoms with van der Waals surface area (Å²) in [6, 6.07) is 7.56. The molecule has 0 heterocycles. The molecule has 0 radical (unpaired) electrons. The highest BCUT2D eigenvalue weighted by atomic mass is 16.5. The largest absolute Gasteiger partial charge is 0.494 e. The molecule has 1 rings (SSSR count). The molecule has 0 aliphatic rings. The van der Waals surface area contributed by atoms with Crippen molar-refractivity contribution in [2.45, 2.75) is 20.3 Å². The van der Waals surface area contributed by atoms with Crippen molar-refractivity contribution < 1.29 is 19.1 Å². The second kappa shape index (κ2) is 11.2. The van der Waals surface area contributed by atoms with E-state index in [9.17, 15) is 9.59 Å². The maximum absolute atomic E-state index is 11.5. The topological polar surface area (TPSA) is 88.7 Å². The summed E-state index contributed by atoms with van der Waals surface area (Å²) in [6.45, 7) is 5.79. The van der Waals surface area contributed by atoms with Crippen LogP contribution in [-0.4, -0.2) is 45.0 Å². The first kappa shape index (κ1) is 18.6. The Bertz CT molecular complexity index is 477. The number of alkyl carbamates (subject to hydrolysis) is 1. The van der Waals surface area contributed by atoms with Gasteiger partial charge in [0, 0.05) is 19.6 Å². The molecule has 1 aromatic carbocycles. The molecule has 0 fully saturated rings. The van der Waals surface area contributed by atoms with Crippen molar-refractivity contribution >= 4 is 12.1 Å². The SMILES string of the molecule is CCOC(=O)NCCNC(=O)NCCCOc1ccc(C)cc1. The normalized spacial score (nSPS) is 9.83. The quantitative estimate of drug-likeness (QED) is 0.605. The molecule has 0 saturated carbocycles. The van der Waals surface area contributed by atoms with Gasteiger partial charge in [0.05, 0.1) is 13.2 Å². The first-order valence-electron chi connectivity index (χ1n) is 7.73. The van der Waals surface area contributed by atoms with Gasteiger partial charge in [-0.05, 0) is 32.4 Å². The van der Waals surface area contributed by atoms with Gasteiger partial charge in [0.1, 0.15) is 5.75 Å². The van der Waals surface area contributed by atoms with Crippen molar-refractivity contribution in [3.8, 4) is 5.75 Å². The minimum absolute atomic E-state index is 0.272. The molecular weight excluding hydrogens is 298 g/mol. The van der Waals surface area contributed by atoms with Crippen LogP contribution in [0.15, 0.2) is 24.3 Å². The van der Waals surface area contributed by atoms with Crippen molar-refractivity contribution in [1.82, 2.24) is 16.0 Å². The molecule has 3 N–H and O–H groups in total. The van der Waals surface area contributed by atoms with Gasteiger partial charge in [-0.3, -0.25) is 0 Å². The van der Waals surface area contributed by atoms with Gasteiger partial charge in [-0.25, -0.2) is 9.59 Å². The fraction of sp³-hybridized carbons (Fsp3) is 0.500. The first-order chi connectivity index (χ1) is 11.1. The lowest BCUT2D eigenvalue weighted by Gasteiger charge is -2.09. The third-order valence-corrected chi connectivity index (χ3v) is 2.85. The van der Waals surface area contributed by atoms with E-state index in [0.29, 0.717) is 39.3 Å². The van der Waals surface area contributed by atoms with Gasteiger partial charge >= 0.3 is 12.1 Å². The van der Waals surface area contributed by atoms with Crippen LogP contribution in [0.5, 0.6) is 5.75 Å². The van der Waals surface area contributed by atoms with Crippen LogP contribution in [0.25, 0.3) is 0 Å². The third-order valence-electron chi connectivity index (χ3n) is 2.85. The highest BCUT2D eigenvalue weighted by Crippen LogP contribution is 2.11. The maximum Gasteiger partial charge on any atom is 0.407 e. The molecule has 0 unspecified atom stereocenters. The molecule has 3 amide bonds. The fourth-order valence-corrected chi connectivity index (χ4v) is 1.68. The minimum Gasteiger partial charge on any atom is -0.494 e. The van der Waals surface area contributed by atoms with Gasteiger partial charge in [0.2, 0.25) is 0 Å². The highest BCUT2D eigenvalue weighted by Gasteiger charge is 2.01. The van der Waals surface area contributed by atoms with Crippen LogP contribution in [0.1, 0.15) is 18.9 Å². The Labute approximate surface area is 136 Å². The van der Waals surface area contributed by atoms with Crippen molar-refractivity contribution in [3.05, 3.63) is 29.8 Å². The Balaban J connectivity index is 1.97. The summed E-state index contributed by atoms with van der Waals surface area (Å²) in [5.74, 6) is 0.824. The second-order valence-electron chi connectivity index (χ2n) is 4.84. The fourth-order valence-electron chi connectivity index (χ4n) is 1.68. The molecule has 7 heteroatoms. The summed E-state index contributed by atoms with van der Waals surface area (Å²) in [6.07, 6.45) is 0.227. The lowest BCUT2D eigenvalue weighted by molar-refractivity contribution is 0.152. The number of benzene rings is 1. The number of carbonyl (C=O) groups is 2. The summed E-state index contributed by atoms with van der Waals surface area (Å²) >= 11 is 0. The van der Waals surface area contributed by atoms with E-state index in [2.05, 4.69) is 16.0 Å². The van der Waals surface area contributed by atoms with Crippen molar-refractivity contribution in [2.75, 3.05) is 32.8 Å². The van der Waals surface area contributed by atoms with Gasteiger partial charge in [0.25, 0.3) is 0 Å². The van der Waals surface area contributed by atoms with Crippen LogP contribution in [0.4, 0.5) is 9.59 Å². The number of hydrogen-bond donors (Lipinski definition) is 3. The molecule has 0 bridgehead atoms. The zero-order chi connectivity index (χ0) is 16.9. The van der Waals surface area contributed by atoms with Crippen LogP contribution in [0.3, 0.4) is 0 Å². The van der Waals surface area contributed by atoms with Crippen LogP contribution >= 0.6 is 0 Å². The molecule has 0 saturated heterocycles. The molecule has 1 aromatic rings. The highest BCUT2D eigenvalue weighted by molar-refractivity contribution is 5.73. The zero-order valence-electron chi connectivity index (χ0n) is 13.7. The van der Waals surface area contributed by atoms with Gasteiger partial charge < -0.3 is 25.4 Å². The number of nitrogens with one attached hydrogen (secondary N) is 3. The van der Waals surface area contributed by atoms with E-state index in [1.807, 2.05) is 31.2 Å². The summed E-state index contributed by atoms with van der Waals surface area (Å²) in [4.78, 5) is 22.5. The van der Waals surface area contributed by atoms with Crippen LogP contribution in [0, 0.1) is 6.92 Å². The Morgan fingerprint density at radius 3 is 2.35 bits per heavy atom. The number of carbonyl (C=O) groups excluding carboxylic acids is 2. The van der Waals surface area contributed by atoms with E-state index in [1.54, 1.807) is 6.92 Å². The molecule has 0 aliphatic heterocycles. The smallest absolute Gasteiger partial charge is 0.407 e. The van der Waals surface area contributed by atoms with E-state index in [0.717, 1.165) is 5.75 Å².